The molecule has 8 nitrogen and oxygen atoms in total. The van der Waals surface area contributed by atoms with Crippen molar-refractivity contribution in [3.8, 4) is 0 Å². The summed E-state index contributed by atoms with van der Waals surface area (Å²) in [4.78, 5) is 1.58. The fourth-order valence-corrected chi connectivity index (χ4v) is 3.81. The number of aliphatic hydroxyl groups excluding tert-OH is 1. The number of hydrogen-bond acceptors (Lipinski definition) is 8. The number of aliphatic hydroxyl groups is 1. The largest absolute Gasteiger partial charge is 0.389 e. The number of methoxy groups -OCH3 is 1. The third-order valence-corrected chi connectivity index (χ3v) is 5.57. The Morgan fingerprint density at radius 2 is 2.05 bits per heavy atom. The van der Waals surface area contributed by atoms with Crippen molar-refractivity contribution >= 4 is 32.4 Å². The van der Waals surface area contributed by atoms with E-state index >= 15 is 0 Å². The molecule has 0 amide bonds. The van der Waals surface area contributed by atoms with Gasteiger partial charge < -0.3 is 20.5 Å². The first-order valence-electron chi connectivity index (χ1n) is 5.77. The molecule has 1 heterocycles. The molecule has 0 fully saturated rings. The van der Waals surface area contributed by atoms with Gasteiger partial charge in [0.25, 0.3) is 0 Å². The summed E-state index contributed by atoms with van der Waals surface area (Å²) in [6, 6.07) is 0. The molecule has 3 N–H and O–H groups in total. The van der Waals surface area contributed by atoms with Gasteiger partial charge in [0, 0.05) is 34.8 Å². The van der Waals surface area contributed by atoms with E-state index in [2.05, 4.69) is 4.37 Å². The van der Waals surface area contributed by atoms with E-state index in [9.17, 15) is 13.5 Å². The van der Waals surface area contributed by atoms with Gasteiger partial charge in [0.1, 0.15) is 5.00 Å². The molecule has 0 aliphatic heterocycles. The summed E-state index contributed by atoms with van der Waals surface area (Å²) in [7, 11) is 2.32. The van der Waals surface area contributed by atoms with Crippen molar-refractivity contribution in [3.63, 3.8) is 0 Å². The van der Waals surface area contributed by atoms with Gasteiger partial charge in [-0.2, -0.15) is 4.37 Å². The molecule has 1 unspecified atom stereocenters. The molecule has 20 heavy (non-hydrogen) atoms. The Labute approximate surface area is 123 Å². The first-order valence-corrected chi connectivity index (χ1v) is 7.99. The lowest BCUT2D eigenvalue weighted by Crippen LogP contribution is -2.33. The lowest BCUT2D eigenvalue weighted by molar-refractivity contribution is 0.0695. The van der Waals surface area contributed by atoms with Crippen molar-refractivity contribution in [3.05, 3.63) is 0 Å². The highest BCUT2D eigenvalue weighted by Crippen LogP contribution is 2.35. The van der Waals surface area contributed by atoms with Crippen LogP contribution < -0.4 is 10.6 Å². The number of nitrogens with zero attached hydrogens (tertiary/aromatic N) is 3. The van der Waals surface area contributed by atoms with Crippen molar-refractivity contribution in [1.82, 2.24) is 8.68 Å². The van der Waals surface area contributed by atoms with Crippen LogP contribution in [0.4, 0.5) is 10.8 Å². The van der Waals surface area contributed by atoms with E-state index in [0.717, 1.165) is 15.8 Å². The Bertz CT molecular complexity index is 543. The highest BCUT2D eigenvalue weighted by atomic mass is 32.2. The van der Waals surface area contributed by atoms with Crippen LogP contribution in [0.3, 0.4) is 0 Å². The second kappa shape index (κ2) is 6.68. The van der Waals surface area contributed by atoms with Crippen molar-refractivity contribution < 1.29 is 18.3 Å². The summed E-state index contributed by atoms with van der Waals surface area (Å²) >= 11 is 0.982. The first kappa shape index (κ1) is 17.1. The number of hydrogen-bond donors (Lipinski definition) is 2. The smallest absolute Gasteiger partial charge is 0.249 e. The molecular weight excluding hydrogens is 304 g/mol. The van der Waals surface area contributed by atoms with Gasteiger partial charge in [0.2, 0.25) is 10.0 Å². The molecule has 0 aromatic carbocycles. The first-order chi connectivity index (χ1) is 9.21. The maximum atomic E-state index is 12.2. The summed E-state index contributed by atoms with van der Waals surface area (Å²) in [6.07, 6.45) is -0.733. The van der Waals surface area contributed by atoms with Gasteiger partial charge in [-0.15, -0.1) is 0 Å². The maximum absolute atomic E-state index is 12.2. The predicted molar refractivity (Wildman–Crippen MR) is 78.6 cm³/mol. The van der Waals surface area contributed by atoms with E-state index in [-0.39, 0.29) is 23.9 Å². The van der Waals surface area contributed by atoms with E-state index in [0.29, 0.717) is 5.00 Å². The van der Waals surface area contributed by atoms with Crippen LogP contribution in [0.15, 0.2) is 4.90 Å². The van der Waals surface area contributed by atoms with Crippen LogP contribution >= 0.6 is 11.5 Å². The number of likely N-dealkylation sites (N-methyl/N-ethyl adjacent to an activating group) is 1. The fraction of sp³-hybridized carbons (Fsp3) is 0.700. The fourth-order valence-electron chi connectivity index (χ4n) is 1.60. The molecule has 1 rings (SSSR count). The lowest BCUT2D eigenvalue weighted by Gasteiger charge is -2.22. The van der Waals surface area contributed by atoms with E-state index in [4.69, 9.17) is 10.5 Å². The maximum Gasteiger partial charge on any atom is 0.249 e. The van der Waals surface area contributed by atoms with Crippen LogP contribution in [-0.2, 0) is 14.8 Å². The highest BCUT2D eigenvalue weighted by Gasteiger charge is 2.29. The highest BCUT2D eigenvalue weighted by molar-refractivity contribution is 7.89. The van der Waals surface area contributed by atoms with E-state index < -0.39 is 16.1 Å². The lowest BCUT2D eigenvalue weighted by atomic mass is 10.3. The van der Waals surface area contributed by atoms with Crippen LogP contribution in [0.1, 0.15) is 0 Å². The third kappa shape index (κ3) is 3.58. The van der Waals surface area contributed by atoms with Gasteiger partial charge >= 0.3 is 0 Å². The average molecular weight is 324 g/mol. The molecule has 0 saturated carbocycles. The van der Waals surface area contributed by atoms with Crippen molar-refractivity contribution in [2.24, 2.45) is 0 Å². The van der Waals surface area contributed by atoms with Crippen LogP contribution in [0, 0.1) is 0 Å². The van der Waals surface area contributed by atoms with Crippen LogP contribution in [-0.4, -0.2) is 69.7 Å². The number of aromatic nitrogens is 1. The molecule has 0 saturated heterocycles. The number of nitrogen functional groups attached to an aromatic ring is 1. The summed E-state index contributed by atoms with van der Waals surface area (Å²) in [5.41, 5.74) is 5.67. The summed E-state index contributed by atoms with van der Waals surface area (Å²) in [5, 5.41) is 10.1. The zero-order valence-corrected chi connectivity index (χ0v) is 13.5. The third-order valence-electron chi connectivity index (χ3n) is 2.59. The Kier molecular flexibility index (Phi) is 5.71. The van der Waals surface area contributed by atoms with Crippen molar-refractivity contribution in [2.45, 2.75) is 11.0 Å². The normalized spacial score (nSPS) is 13.7. The van der Waals surface area contributed by atoms with E-state index in [1.807, 2.05) is 0 Å². The summed E-state index contributed by atoms with van der Waals surface area (Å²) in [5.74, 6) is -0.0354. The molecule has 0 spiro atoms. The summed E-state index contributed by atoms with van der Waals surface area (Å²) in [6.45, 7) is 0.375. The molecular formula is C10H20N4O4S2. The quantitative estimate of drug-likeness (QED) is 0.690. The molecule has 0 aliphatic carbocycles. The number of sulfonamides is 1. The van der Waals surface area contributed by atoms with Gasteiger partial charge in [-0.3, -0.25) is 0 Å². The standard InChI is InChI=1S/C10H20N4O4S2/c1-13(2)20(16,17)8-9(11)12-19-10(8)14(3)5-7(15)6-18-4/h7,15H,5-6H2,1-4H3,(H2,11,12). The predicted octanol–water partition coefficient (Wildman–Crippen LogP) is -0.581. The van der Waals surface area contributed by atoms with Crippen molar-refractivity contribution in [2.75, 3.05) is 52.0 Å². The molecule has 116 valence electrons. The molecule has 0 aliphatic rings. The monoisotopic (exact) mass is 324 g/mol. The van der Waals surface area contributed by atoms with Crippen molar-refractivity contribution in [1.29, 1.82) is 0 Å². The Morgan fingerprint density at radius 1 is 1.45 bits per heavy atom. The number of nitrogens with two attached hydrogens (primary N) is 1. The Hall–Kier alpha value is -0.940. The number of rotatable bonds is 7. The van der Waals surface area contributed by atoms with Gasteiger partial charge in [-0.1, -0.05) is 0 Å². The topological polar surface area (TPSA) is 109 Å². The summed E-state index contributed by atoms with van der Waals surface area (Å²) < 4.78 is 34.3. The number of ether oxygens (including phenoxy) is 1. The average Bonchev–Trinajstić information content (AvgIpc) is 2.71. The molecule has 0 radical (unpaired) electrons. The van der Waals surface area contributed by atoms with Gasteiger partial charge in [0.15, 0.2) is 10.7 Å². The van der Waals surface area contributed by atoms with Gasteiger partial charge in [0.05, 0.1) is 12.7 Å². The number of anilines is 2. The molecule has 0 bridgehead atoms. The molecule has 1 atom stereocenters. The SMILES string of the molecule is COCC(O)CN(C)c1snc(N)c1S(=O)(=O)N(C)C. The molecule has 10 heteroatoms. The molecule has 1 aromatic heterocycles. The second-order valence-corrected chi connectivity index (χ2v) is 7.32. The van der Waals surface area contributed by atoms with Gasteiger partial charge in [-0.05, 0) is 11.5 Å². The minimum Gasteiger partial charge on any atom is -0.389 e. The van der Waals surface area contributed by atoms with Crippen LogP contribution in [0.25, 0.3) is 0 Å². The van der Waals surface area contributed by atoms with Crippen LogP contribution in [0.5, 0.6) is 0 Å². The zero-order valence-electron chi connectivity index (χ0n) is 11.9. The second-order valence-electron chi connectivity index (χ2n) is 4.48. The van der Waals surface area contributed by atoms with E-state index in [1.54, 1.807) is 11.9 Å². The zero-order chi connectivity index (χ0) is 15.5. The minimum absolute atomic E-state index is 0.0281. The molecule has 1 aromatic rings. The van der Waals surface area contributed by atoms with Crippen LogP contribution in [0.2, 0.25) is 0 Å². The van der Waals surface area contributed by atoms with E-state index in [1.165, 1.54) is 21.2 Å². The minimum atomic E-state index is -3.69. The van der Waals surface area contributed by atoms with Gasteiger partial charge in [-0.25, -0.2) is 12.7 Å². The Morgan fingerprint density at radius 3 is 2.55 bits per heavy atom. The Balaban J connectivity index is 3.09.